The molecule has 0 aliphatic rings. The van der Waals surface area contributed by atoms with Gasteiger partial charge in [0.25, 0.3) is 0 Å². The molecule has 0 amide bonds. The van der Waals surface area contributed by atoms with Crippen molar-refractivity contribution in [3.8, 4) is 11.5 Å². The summed E-state index contributed by atoms with van der Waals surface area (Å²) in [7, 11) is -3.01. The lowest BCUT2D eigenvalue weighted by Gasteiger charge is -2.27. The number of rotatable bonds is 12. The largest absolute Gasteiger partial charge is 0.493 e. The van der Waals surface area contributed by atoms with Gasteiger partial charge in [-0.05, 0) is 41.8 Å². The minimum Gasteiger partial charge on any atom is -0.493 e. The molecule has 2 rings (SSSR count). The maximum absolute atomic E-state index is 11.8. The first-order chi connectivity index (χ1) is 15.0. The van der Waals surface area contributed by atoms with Crippen LogP contribution in [0.2, 0.25) is 10.0 Å². The molecule has 0 N–H and O–H groups in total. The molecule has 0 saturated carbocycles. The topological polar surface area (TPSA) is 52.6 Å². The van der Waals surface area contributed by atoms with E-state index in [1.54, 1.807) is 6.92 Å². The van der Waals surface area contributed by atoms with E-state index in [1.807, 2.05) is 43.3 Å². The molecule has 0 radical (unpaired) electrons. The van der Waals surface area contributed by atoms with Gasteiger partial charge in [0.05, 0.1) is 29.0 Å². The zero-order chi connectivity index (χ0) is 23.9. The lowest BCUT2D eigenvalue weighted by atomic mass is 9.78. The van der Waals surface area contributed by atoms with E-state index in [0.29, 0.717) is 47.1 Å². The average molecular weight is 522 g/mol. The van der Waals surface area contributed by atoms with E-state index in [9.17, 15) is 8.42 Å². The first-order valence-electron chi connectivity index (χ1n) is 10.6. The van der Waals surface area contributed by atoms with Crippen molar-refractivity contribution in [2.75, 3.05) is 30.6 Å². The molecule has 0 spiro atoms. The van der Waals surface area contributed by atoms with Crippen molar-refractivity contribution in [2.24, 2.45) is 5.92 Å². The summed E-state index contributed by atoms with van der Waals surface area (Å²) >= 11 is 18.6. The second-order valence-electron chi connectivity index (χ2n) is 8.42. The Hall–Kier alpha value is -1.14. The molecular formula is C24H31Cl3O4S. The standard InChI is InChI=1S/C24H31Cl3O4S/c1-5-32(28,29)16-17(2)15-31-20-9-7-18(8-10-20)24(3,4)19-13-21(26)23(22(27)14-19)30-12-6-11-25/h7-10,13-14,17H,5-6,11-12,15-16H2,1-4H3/t17-/m0/s1. The molecule has 0 bridgehead atoms. The van der Waals surface area contributed by atoms with Gasteiger partial charge < -0.3 is 9.47 Å². The van der Waals surface area contributed by atoms with E-state index >= 15 is 0 Å². The molecule has 178 valence electrons. The Balaban J connectivity index is 2.11. The molecule has 0 aromatic heterocycles. The molecule has 0 aliphatic carbocycles. The van der Waals surface area contributed by atoms with E-state index in [4.69, 9.17) is 44.3 Å². The molecular weight excluding hydrogens is 491 g/mol. The minimum atomic E-state index is -3.01. The number of hydrogen-bond donors (Lipinski definition) is 0. The summed E-state index contributed by atoms with van der Waals surface area (Å²) in [6.45, 7) is 8.52. The number of alkyl halides is 1. The molecule has 2 aromatic rings. The number of ether oxygens (including phenoxy) is 2. The number of hydrogen-bond acceptors (Lipinski definition) is 4. The van der Waals surface area contributed by atoms with Crippen molar-refractivity contribution in [3.05, 3.63) is 57.6 Å². The first-order valence-corrected chi connectivity index (χ1v) is 13.7. The van der Waals surface area contributed by atoms with Crippen molar-refractivity contribution < 1.29 is 17.9 Å². The summed E-state index contributed by atoms with van der Waals surface area (Å²) in [5.74, 6) is 1.88. The Morgan fingerprint density at radius 3 is 2.12 bits per heavy atom. The summed E-state index contributed by atoms with van der Waals surface area (Å²) < 4.78 is 35.0. The lowest BCUT2D eigenvalue weighted by molar-refractivity contribution is 0.271. The fourth-order valence-corrected chi connectivity index (χ4v) is 5.16. The fraction of sp³-hybridized carbons (Fsp3) is 0.500. The van der Waals surface area contributed by atoms with Crippen molar-refractivity contribution in [1.82, 2.24) is 0 Å². The number of halogens is 3. The zero-order valence-electron chi connectivity index (χ0n) is 19.0. The van der Waals surface area contributed by atoms with Crippen molar-refractivity contribution in [1.29, 1.82) is 0 Å². The number of benzene rings is 2. The molecule has 1 atom stereocenters. The van der Waals surface area contributed by atoms with Gasteiger partial charge >= 0.3 is 0 Å². The van der Waals surface area contributed by atoms with Gasteiger partial charge in [0.15, 0.2) is 5.75 Å². The second kappa shape index (κ2) is 11.8. The highest BCUT2D eigenvalue weighted by atomic mass is 35.5. The van der Waals surface area contributed by atoms with Gasteiger partial charge in [-0.3, -0.25) is 0 Å². The fourth-order valence-electron chi connectivity index (χ4n) is 3.26. The van der Waals surface area contributed by atoms with Crippen LogP contribution >= 0.6 is 34.8 Å². The van der Waals surface area contributed by atoms with E-state index in [0.717, 1.165) is 11.1 Å². The van der Waals surface area contributed by atoms with Gasteiger partial charge in [-0.2, -0.15) is 0 Å². The second-order valence-corrected chi connectivity index (χ2v) is 12.0. The van der Waals surface area contributed by atoms with Crippen LogP contribution < -0.4 is 9.47 Å². The average Bonchev–Trinajstić information content (AvgIpc) is 2.74. The van der Waals surface area contributed by atoms with Gasteiger partial charge in [-0.1, -0.05) is 63.0 Å². The Bertz CT molecular complexity index is 966. The van der Waals surface area contributed by atoms with E-state index < -0.39 is 9.84 Å². The Labute approximate surface area is 207 Å². The summed E-state index contributed by atoms with van der Waals surface area (Å²) in [5, 5.41) is 0.928. The maximum Gasteiger partial charge on any atom is 0.156 e. The van der Waals surface area contributed by atoms with Crippen LogP contribution in [0.1, 0.15) is 45.2 Å². The minimum absolute atomic E-state index is 0.0782. The SMILES string of the molecule is CCS(=O)(=O)C[C@@H](C)COc1ccc(C(C)(C)c2cc(Cl)c(OCCCCl)c(Cl)c2)cc1. The maximum atomic E-state index is 11.8. The van der Waals surface area contributed by atoms with Crippen molar-refractivity contribution in [3.63, 3.8) is 0 Å². The Morgan fingerprint density at radius 2 is 1.59 bits per heavy atom. The van der Waals surface area contributed by atoms with Gasteiger partial charge in [0.2, 0.25) is 0 Å². The third-order valence-corrected chi connectivity index (χ3v) is 8.12. The van der Waals surface area contributed by atoms with Gasteiger partial charge in [0.1, 0.15) is 15.6 Å². The predicted octanol–water partition coefficient (Wildman–Crippen LogP) is 6.78. The summed E-state index contributed by atoms with van der Waals surface area (Å²) in [4.78, 5) is 0. The zero-order valence-corrected chi connectivity index (χ0v) is 22.0. The van der Waals surface area contributed by atoms with E-state index in [1.165, 1.54) is 0 Å². The Kier molecular flexibility index (Phi) is 10.0. The van der Waals surface area contributed by atoms with Crippen LogP contribution in [0.4, 0.5) is 0 Å². The van der Waals surface area contributed by atoms with Gasteiger partial charge in [-0.25, -0.2) is 8.42 Å². The smallest absolute Gasteiger partial charge is 0.156 e. The van der Waals surface area contributed by atoms with Crippen molar-refractivity contribution >= 4 is 44.6 Å². The molecule has 0 saturated heterocycles. The molecule has 32 heavy (non-hydrogen) atoms. The Morgan fingerprint density at radius 1 is 1.00 bits per heavy atom. The molecule has 0 unspecified atom stereocenters. The first kappa shape index (κ1) is 27.1. The highest BCUT2D eigenvalue weighted by Crippen LogP contribution is 2.40. The van der Waals surface area contributed by atoms with Crippen LogP contribution in [0, 0.1) is 5.92 Å². The highest BCUT2D eigenvalue weighted by Gasteiger charge is 2.26. The third kappa shape index (κ3) is 7.44. The van der Waals surface area contributed by atoms with Crippen LogP contribution in [0.5, 0.6) is 11.5 Å². The van der Waals surface area contributed by atoms with E-state index in [-0.39, 0.29) is 22.8 Å². The monoisotopic (exact) mass is 520 g/mol. The summed E-state index contributed by atoms with van der Waals surface area (Å²) in [5.41, 5.74) is 1.67. The molecule has 4 nitrogen and oxygen atoms in total. The van der Waals surface area contributed by atoms with Crippen LogP contribution in [0.15, 0.2) is 36.4 Å². The summed E-state index contributed by atoms with van der Waals surface area (Å²) in [6, 6.07) is 11.5. The molecule has 0 heterocycles. The normalized spacial score (nSPS) is 13.1. The molecule has 0 fully saturated rings. The quantitative estimate of drug-likeness (QED) is 0.228. The highest BCUT2D eigenvalue weighted by molar-refractivity contribution is 7.91. The third-order valence-electron chi connectivity index (χ3n) is 5.33. The van der Waals surface area contributed by atoms with Crippen LogP contribution in [-0.4, -0.2) is 39.0 Å². The molecule has 8 heteroatoms. The number of sulfone groups is 1. The lowest BCUT2D eigenvalue weighted by Crippen LogP contribution is -2.21. The van der Waals surface area contributed by atoms with E-state index in [2.05, 4.69) is 13.8 Å². The van der Waals surface area contributed by atoms with Crippen molar-refractivity contribution in [2.45, 2.75) is 39.5 Å². The van der Waals surface area contributed by atoms with Crippen LogP contribution in [0.25, 0.3) is 0 Å². The molecule has 0 aliphatic heterocycles. The predicted molar refractivity (Wildman–Crippen MR) is 135 cm³/mol. The van der Waals surface area contributed by atoms with Gasteiger partial charge in [0, 0.05) is 23.0 Å². The van der Waals surface area contributed by atoms with Crippen LogP contribution in [0.3, 0.4) is 0 Å². The van der Waals surface area contributed by atoms with Crippen LogP contribution in [-0.2, 0) is 15.3 Å². The van der Waals surface area contributed by atoms with Gasteiger partial charge in [-0.15, -0.1) is 11.6 Å². The summed E-state index contributed by atoms with van der Waals surface area (Å²) in [6.07, 6.45) is 0.711. The molecule has 2 aromatic carbocycles.